The fourth-order valence-corrected chi connectivity index (χ4v) is 2.63. The summed E-state index contributed by atoms with van der Waals surface area (Å²) in [5.74, 6) is 0.793. The summed E-state index contributed by atoms with van der Waals surface area (Å²) < 4.78 is 0. The van der Waals surface area contributed by atoms with E-state index in [0.717, 1.165) is 18.2 Å². The smallest absolute Gasteiger partial charge is 0.0571 e. The summed E-state index contributed by atoms with van der Waals surface area (Å²) in [6, 6.07) is 5.29. The van der Waals surface area contributed by atoms with E-state index < -0.39 is 0 Å². The molecule has 0 saturated carbocycles. The molecular weight excluding hydrogens is 210 g/mol. The van der Waals surface area contributed by atoms with Gasteiger partial charge < -0.3 is 10.2 Å². The second-order valence-electron chi connectivity index (χ2n) is 5.29. The maximum absolute atomic E-state index is 4.55. The largest absolute Gasteiger partial charge is 0.367 e. The predicted octanol–water partition coefficient (Wildman–Crippen LogP) is 2.60. The van der Waals surface area contributed by atoms with Crippen LogP contribution >= 0.6 is 0 Å². The lowest BCUT2D eigenvalue weighted by molar-refractivity contribution is 0.625. The van der Waals surface area contributed by atoms with E-state index >= 15 is 0 Å². The molecule has 1 aromatic rings. The molecule has 1 aliphatic heterocycles. The number of nitrogens with one attached hydrogen (secondary N) is 1. The molecule has 94 valence electrons. The van der Waals surface area contributed by atoms with Crippen molar-refractivity contribution in [2.24, 2.45) is 5.92 Å². The van der Waals surface area contributed by atoms with Crippen molar-refractivity contribution in [1.29, 1.82) is 0 Å². The summed E-state index contributed by atoms with van der Waals surface area (Å²) in [6.45, 7) is 7.90. The lowest BCUT2D eigenvalue weighted by atomic mass is 10.1. The maximum Gasteiger partial charge on any atom is 0.0571 e. The number of anilines is 1. The first-order valence-corrected chi connectivity index (χ1v) is 6.51. The Morgan fingerprint density at radius 3 is 2.65 bits per heavy atom. The molecule has 3 atom stereocenters. The van der Waals surface area contributed by atoms with Crippen molar-refractivity contribution in [3.63, 3.8) is 0 Å². The fraction of sp³-hybridized carbons (Fsp3) is 0.643. The third-order valence-corrected chi connectivity index (χ3v) is 3.76. The minimum Gasteiger partial charge on any atom is -0.367 e. The Morgan fingerprint density at radius 1 is 1.41 bits per heavy atom. The van der Waals surface area contributed by atoms with E-state index in [4.69, 9.17) is 0 Å². The van der Waals surface area contributed by atoms with E-state index in [9.17, 15) is 0 Å². The SMILES string of the molecule is CNC(C)c1ccc(N2CC(C)CC2C)cn1. The topological polar surface area (TPSA) is 28.2 Å². The highest BCUT2D eigenvalue weighted by atomic mass is 15.2. The molecular formula is C14H23N3. The average molecular weight is 233 g/mol. The molecule has 1 N–H and O–H groups in total. The summed E-state index contributed by atoms with van der Waals surface area (Å²) >= 11 is 0. The second kappa shape index (κ2) is 5.05. The van der Waals surface area contributed by atoms with Crippen LogP contribution in [-0.2, 0) is 0 Å². The Kier molecular flexibility index (Phi) is 3.67. The van der Waals surface area contributed by atoms with Crippen LogP contribution in [0.2, 0.25) is 0 Å². The first kappa shape index (κ1) is 12.4. The van der Waals surface area contributed by atoms with E-state index in [-0.39, 0.29) is 0 Å². The molecule has 0 aromatic carbocycles. The average Bonchev–Trinajstić information content (AvgIpc) is 2.68. The molecule has 0 aliphatic carbocycles. The van der Waals surface area contributed by atoms with Gasteiger partial charge in [-0.1, -0.05) is 6.92 Å². The first-order chi connectivity index (χ1) is 8.11. The minimum absolute atomic E-state index is 0.318. The molecule has 3 heteroatoms. The molecule has 0 amide bonds. The van der Waals surface area contributed by atoms with Gasteiger partial charge in [-0.25, -0.2) is 0 Å². The zero-order chi connectivity index (χ0) is 12.4. The predicted molar refractivity (Wildman–Crippen MR) is 72.3 cm³/mol. The third kappa shape index (κ3) is 2.60. The van der Waals surface area contributed by atoms with Gasteiger partial charge in [0.2, 0.25) is 0 Å². The molecule has 1 aromatic heterocycles. The van der Waals surface area contributed by atoms with Crippen LogP contribution in [0.4, 0.5) is 5.69 Å². The van der Waals surface area contributed by atoms with Crippen molar-refractivity contribution in [1.82, 2.24) is 10.3 Å². The van der Waals surface area contributed by atoms with Crippen molar-refractivity contribution in [2.45, 2.75) is 39.3 Å². The van der Waals surface area contributed by atoms with E-state index in [1.54, 1.807) is 0 Å². The monoisotopic (exact) mass is 233 g/mol. The van der Waals surface area contributed by atoms with Crippen LogP contribution in [0.1, 0.15) is 38.9 Å². The van der Waals surface area contributed by atoms with Crippen molar-refractivity contribution in [3.8, 4) is 0 Å². The van der Waals surface area contributed by atoms with E-state index in [2.05, 4.69) is 48.1 Å². The zero-order valence-electron chi connectivity index (χ0n) is 11.3. The first-order valence-electron chi connectivity index (χ1n) is 6.51. The summed E-state index contributed by atoms with van der Waals surface area (Å²) in [5.41, 5.74) is 2.37. The number of hydrogen-bond donors (Lipinski definition) is 1. The van der Waals surface area contributed by atoms with E-state index in [1.165, 1.54) is 12.1 Å². The quantitative estimate of drug-likeness (QED) is 0.870. The number of hydrogen-bond acceptors (Lipinski definition) is 3. The molecule has 0 spiro atoms. The van der Waals surface area contributed by atoms with Gasteiger partial charge in [-0.3, -0.25) is 4.98 Å². The van der Waals surface area contributed by atoms with E-state index in [0.29, 0.717) is 12.1 Å². The van der Waals surface area contributed by atoms with Gasteiger partial charge in [-0.05, 0) is 45.4 Å². The molecule has 1 saturated heterocycles. The number of rotatable bonds is 3. The van der Waals surface area contributed by atoms with Crippen LogP contribution in [0.25, 0.3) is 0 Å². The van der Waals surface area contributed by atoms with Gasteiger partial charge in [-0.15, -0.1) is 0 Å². The third-order valence-electron chi connectivity index (χ3n) is 3.76. The molecule has 3 nitrogen and oxygen atoms in total. The van der Waals surface area contributed by atoms with Gasteiger partial charge in [-0.2, -0.15) is 0 Å². The molecule has 0 radical (unpaired) electrons. The molecule has 17 heavy (non-hydrogen) atoms. The van der Waals surface area contributed by atoms with Crippen LogP contribution in [0.3, 0.4) is 0 Å². The lowest BCUT2D eigenvalue weighted by Gasteiger charge is -2.24. The standard InChI is InChI=1S/C14H23N3/c1-10-7-11(2)17(9-10)13-5-6-14(16-8-13)12(3)15-4/h5-6,8,10-12,15H,7,9H2,1-4H3. The van der Waals surface area contributed by atoms with Gasteiger partial charge in [0.05, 0.1) is 17.6 Å². The molecule has 1 fully saturated rings. The minimum atomic E-state index is 0.318. The van der Waals surface area contributed by atoms with Gasteiger partial charge in [0.15, 0.2) is 0 Å². The Balaban J connectivity index is 2.13. The van der Waals surface area contributed by atoms with Gasteiger partial charge in [0.1, 0.15) is 0 Å². The number of aromatic nitrogens is 1. The van der Waals surface area contributed by atoms with Crippen LogP contribution in [0.15, 0.2) is 18.3 Å². The summed E-state index contributed by atoms with van der Waals surface area (Å²) in [5, 5.41) is 3.21. The Labute approximate surface area is 104 Å². The summed E-state index contributed by atoms with van der Waals surface area (Å²) in [6.07, 6.45) is 3.30. The Hall–Kier alpha value is -1.09. The highest BCUT2D eigenvalue weighted by Crippen LogP contribution is 2.28. The normalized spacial score (nSPS) is 26.2. The van der Waals surface area contributed by atoms with Crippen LogP contribution in [-0.4, -0.2) is 24.6 Å². The maximum atomic E-state index is 4.55. The molecule has 0 bridgehead atoms. The van der Waals surface area contributed by atoms with Crippen LogP contribution < -0.4 is 10.2 Å². The van der Waals surface area contributed by atoms with Crippen LogP contribution in [0.5, 0.6) is 0 Å². The summed E-state index contributed by atoms with van der Waals surface area (Å²) in [7, 11) is 1.96. The number of nitrogens with zero attached hydrogens (tertiary/aromatic N) is 2. The highest BCUT2D eigenvalue weighted by molar-refractivity contribution is 5.47. The van der Waals surface area contributed by atoms with Gasteiger partial charge >= 0.3 is 0 Å². The fourth-order valence-electron chi connectivity index (χ4n) is 2.63. The zero-order valence-corrected chi connectivity index (χ0v) is 11.3. The van der Waals surface area contributed by atoms with Crippen molar-refractivity contribution < 1.29 is 0 Å². The Morgan fingerprint density at radius 2 is 2.18 bits per heavy atom. The lowest BCUT2D eigenvalue weighted by Crippen LogP contribution is -2.26. The Bertz CT molecular complexity index is 360. The number of pyridine rings is 1. The van der Waals surface area contributed by atoms with Crippen molar-refractivity contribution >= 4 is 5.69 Å². The molecule has 2 heterocycles. The second-order valence-corrected chi connectivity index (χ2v) is 5.29. The van der Waals surface area contributed by atoms with Gasteiger partial charge in [0, 0.05) is 18.6 Å². The summed E-state index contributed by atoms with van der Waals surface area (Å²) in [4.78, 5) is 7.01. The van der Waals surface area contributed by atoms with Gasteiger partial charge in [0.25, 0.3) is 0 Å². The molecule has 1 aliphatic rings. The molecule has 3 unspecified atom stereocenters. The van der Waals surface area contributed by atoms with Crippen molar-refractivity contribution in [2.75, 3.05) is 18.5 Å². The molecule has 2 rings (SSSR count). The van der Waals surface area contributed by atoms with E-state index in [1.807, 2.05) is 13.2 Å². The van der Waals surface area contributed by atoms with Crippen molar-refractivity contribution in [3.05, 3.63) is 24.0 Å². The highest BCUT2D eigenvalue weighted by Gasteiger charge is 2.26. The van der Waals surface area contributed by atoms with Crippen LogP contribution in [0, 0.1) is 5.92 Å².